The lowest BCUT2D eigenvalue weighted by atomic mass is 10.1. The van der Waals surface area contributed by atoms with Crippen molar-refractivity contribution in [2.24, 2.45) is 0 Å². The van der Waals surface area contributed by atoms with Crippen LogP contribution in [0.4, 0.5) is 0 Å². The van der Waals surface area contributed by atoms with E-state index in [-0.39, 0.29) is 22.4 Å². The van der Waals surface area contributed by atoms with E-state index >= 15 is 0 Å². The quantitative estimate of drug-likeness (QED) is 0.201. The molecule has 1 aliphatic rings. The van der Waals surface area contributed by atoms with Crippen molar-refractivity contribution < 1.29 is 28.6 Å². The summed E-state index contributed by atoms with van der Waals surface area (Å²) in [5, 5.41) is 4.73. The van der Waals surface area contributed by atoms with E-state index in [1.54, 1.807) is 25.1 Å². The predicted molar refractivity (Wildman–Crippen MR) is 109 cm³/mol. The highest BCUT2D eigenvalue weighted by molar-refractivity contribution is 7.99. The van der Waals surface area contributed by atoms with Crippen LogP contribution in [-0.2, 0) is 19.1 Å². The molecule has 28 heavy (non-hydrogen) atoms. The Labute approximate surface area is 172 Å². The molecule has 0 bridgehead atoms. The Morgan fingerprint density at radius 3 is 2.57 bits per heavy atom. The van der Waals surface area contributed by atoms with Gasteiger partial charge in [-0.3, -0.25) is 25.0 Å². The average molecular weight is 425 g/mol. The minimum atomic E-state index is -0.563. The van der Waals surface area contributed by atoms with Gasteiger partial charge in [-0.25, -0.2) is 0 Å². The molecule has 0 spiro atoms. The third-order valence-corrected chi connectivity index (χ3v) is 4.55. The molecule has 1 aliphatic heterocycles. The van der Waals surface area contributed by atoms with Gasteiger partial charge in [-0.15, -0.1) is 11.8 Å². The van der Waals surface area contributed by atoms with E-state index in [4.69, 9.17) is 26.4 Å². The Morgan fingerprint density at radius 2 is 1.93 bits per heavy atom. The number of thiocarbonyl (C=S) groups is 1. The lowest BCUT2D eigenvalue weighted by Crippen LogP contribution is -2.51. The minimum Gasteiger partial charge on any atom is -0.493 e. The molecule has 1 saturated heterocycles. The summed E-state index contributed by atoms with van der Waals surface area (Å²) in [6, 6.07) is 5.04. The molecule has 0 unspecified atom stereocenters. The molecular weight excluding hydrogens is 404 g/mol. The monoisotopic (exact) mass is 424 g/mol. The second kappa shape index (κ2) is 10.7. The average Bonchev–Trinajstić information content (AvgIpc) is 2.65. The van der Waals surface area contributed by atoms with Gasteiger partial charge in [0, 0.05) is 5.75 Å². The third kappa shape index (κ3) is 6.24. The number of rotatable bonds is 9. The van der Waals surface area contributed by atoms with E-state index in [1.807, 2.05) is 0 Å². The lowest BCUT2D eigenvalue weighted by molar-refractivity contribution is -0.139. The zero-order valence-electron chi connectivity index (χ0n) is 15.4. The van der Waals surface area contributed by atoms with Crippen molar-refractivity contribution in [3.8, 4) is 11.5 Å². The molecule has 2 N–H and O–H groups in total. The molecule has 2 rings (SSSR count). The first kappa shape index (κ1) is 21.7. The molecule has 2 amide bonds. The normalized spacial score (nSPS) is 13.5. The summed E-state index contributed by atoms with van der Waals surface area (Å²) >= 11 is 6.18. The summed E-state index contributed by atoms with van der Waals surface area (Å²) < 4.78 is 15.8. The van der Waals surface area contributed by atoms with Crippen molar-refractivity contribution in [3.63, 3.8) is 0 Å². The first-order valence-electron chi connectivity index (χ1n) is 8.37. The number of ether oxygens (including phenoxy) is 3. The number of amides is 2. The molecule has 150 valence electrons. The van der Waals surface area contributed by atoms with E-state index in [0.29, 0.717) is 36.0 Å². The summed E-state index contributed by atoms with van der Waals surface area (Å²) in [5.41, 5.74) is 0.536. The molecule has 0 aliphatic carbocycles. The van der Waals surface area contributed by atoms with Crippen LogP contribution in [0.15, 0.2) is 23.8 Å². The van der Waals surface area contributed by atoms with Crippen LogP contribution < -0.4 is 20.1 Å². The number of thioether (sulfide) groups is 1. The zero-order valence-corrected chi connectivity index (χ0v) is 17.0. The third-order valence-electron chi connectivity index (χ3n) is 3.45. The summed E-state index contributed by atoms with van der Waals surface area (Å²) in [7, 11) is 1.49. The van der Waals surface area contributed by atoms with Gasteiger partial charge in [0.05, 0.1) is 26.1 Å². The number of methoxy groups -OCH3 is 1. The van der Waals surface area contributed by atoms with Crippen LogP contribution in [0, 0.1) is 0 Å². The van der Waals surface area contributed by atoms with E-state index in [2.05, 4.69) is 10.6 Å². The molecule has 8 nitrogen and oxygen atoms in total. The van der Waals surface area contributed by atoms with Crippen molar-refractivity contribution in [2.45, 2.75) is 6.92 Å². The molecule has 0 atom stereocenters. The Morgan fingerprint density at radius 1 is 1.21 bits per heavy atom. The number of hydrogen-bond donors (Lipinski definition) is 2. The fraction of sp³-hybridized carbons (Fsp3) is 0.333. The number of benzene rings is 1. The molecule has 1 aromatic rings. The highest BCUT2D eigenvalue weighted by Gasteiger charge is 2.25. The Balaban J connectivity index is 1.97. The van der Waals surface area contributed by atoms with Gasteiger partial charge in [-0.1, -0.05) is 6.07 Å². The number of esters is 1. The summed E-state index contributed by atoms with van der Waals surface area (Å²) in [5.74, 6) is 0.469. The first-order chi connectivity index (χ1) is 13.4. The largest absolute Gasteiger partial charge is 0.493 e. The zero-order chi connectivity index (χ0) is 20.5. The first-order valence-corrected chi connectivity index (χ1v) is 9.93. The van der Waals surface area contributed by atoms with Gasteiger partial charge in [0.2, 0.25) is 0 Å². The van der Waals surface area contributed by atoms with Crippen LogP contribution in [0.3, 0.4) is 0 Å². The smallest absolute Gasteiger partial charge is 0.315 e. The molecule has 1 heterocycles. The second-order valence-corrected chi connectivity index (χ2v) is 6.93. The molecular formula is C18H20N2O6S2. The Hall–Kier alpha value is -2.59. The van der Waals surface area contributed by atoms with E-state index in [1.165, 1.54) is 24.9 Å². The van der Waals surface area contributed by atoms with Crippen LogP contribution in [0.2, 0.25) is 0 Å². The Kier molecular flexibility index (Phi) is 8.27. The van der Waals surface area contributed by atoms with Crippen molar-refractivity contribution in [2.75, 3.05) is 31.8 Å². The van der Waals surface area contributed by atoms with Gasteiger partial charge in [0.1, 0.15) is 5.57 Å². The molecule has 1 fully saturated rings. The SMILES string of the molecule is CCOC(=O)CSCCOc1ccc(C=C2C(=O)NC(=S)NC2=O)cc1OC. The van der Waals surface area contributed by atoms with Crippen molar-refractivity contribution in [1.29, 1.82) is 0 Å². The van der Waals surface area contributed by atoms with Gasteiger partial charge >= 0.3 is 5.97 Å². The standard InChI is InChI=1S/C18H20N2O6S2/c1-3-25-15(21)10-28-7-6-26-13-5-4-11(9-14(13)24-2)8-12-16(22)19-18(27)20-17(12)23/h4-5,8-9H,3,6-7,10H2,1-2H3,(H2,19,20,22,23,27). The van der Waals surface area contributed by atoms with E-state index < -0.39 is 11.8 Å². The van der Waals surface area contributed by atoms with Crippen molar-refractivity contribution in [3.05, 3.63) is 29.3 Å². The maximum absolute atomic E-state index is 11.9. The fourth-order valence-electron chi connectivity index (χ4n) is 2.23. The van der Waals surface area contributed by atoms with Gasteiger partial charge in [0.25, 0.3) is 11.8 Å². The molecule has 0 radical (unpaired) electrons. The number of carbonyl (C=O) groups is 3. The number of nitrogens with one attached hydrogen (secondary N) is 2. The van der Waals surface area contributed by atoms with Crippen LogP contribution in [0.1, 0.15) is 12.5 Å². The maximum atomic E-state index is 11.9. The number of hydrogen-bond acceptors (Lipinski definition) is 8. The Bertz CT molecular complexity index is 787. The van der Waals surface area contributed by atoms with Gasteiger partial charge < -0.3 is 14.2 Å². The molecule has 10 heteroatoms. The van der Waals surface area contributed by atoms with Gasteiger partial charge in [0.15, 0.2) is 16.6 Å². The van der Waals surface area contributed by atoms with Crippen molar-refractivity contribution >= 4 is 53.0 Å². The van der Waals surface area contributed by atoms with Crippen LogP contribution in [0.25, 0.3) is 6.08 Å². The number of carbonyl (C=O) groups excluding carboxylic acids is 3. The highest BCUT2D eigenvalue weighted by Crippen LogP contribution is 2.29. The molecule has 0 saturated carbocycles. The topological polar surface area (TPSA) is 103 Å². The van der Waals surface area contributed by atoms with Gasteiger partial charge in [-0.2, -0.15) is 0 Å². The van der Waals surface area contributed by atoms with Crippen LogP contribution in [-0.4, -0.2) is 54.7 Å². The van der Waals surface area contributed by atoms with Crippen LogP contribution in [0.5, 0.6) is 11.5 Å². The fourth-order valence-corrected chi connectivity index (χ4v) is 3.02. The predicted octanol–water partition coefficient (Wildman–Crippen LogP) is 1.28. The van der Waals surface area contributed by atoms with Gasteiger partial charge in [-0.05, 0) is 42.9 Å². The maximum Gasteiger partial charge on any atom is 0.315 e. The van der Waals surface area contributed by atoms with E-state index in [9.17, 15) is 14.4 Å². The summed E-state index contributed by atoms with van der Waals surface area (Å²) in [6.07, 6.45) is 1.44. The summed E-state index contributed by atoms with van der Waals surface area (Å²) in [6.45, 7) is 2.51. The second-order valence-electron chi connectivity index (χ2n) is 5.41. The summed E-state index contributed by atoms with van der Waals surface area (Å²) in [4.78, 5) is 35.1. The van der Waals surface area contributed by atoms with E-state index in [0.717, 1.165) is 0 Å². The minimum absolute atomic E-state index is 0.0192. The lowest BCUT2D eigenvalue weighted by Gasteiger charge is -2.16. The highest BCUT2D eigenvalue weighted by atomic mass is 32.2. The molecule has 1 aromatic carbocycles. The molecule has 0 aromatic heterocycles. The van der Waals surface area contributed by atoms with Crippen molar-refractivity contribution in [1.82, 2.24) is 10.6 Å². The van der Waals surface area contributed by atoms with Crippen LogP contribution >= 0.6 is 24.0 Å².